The summed E-state index contributed by atoms with van der Waals surface area (Å²) in [6.45, 7) is 11.9. The normalized spacial score (nSPS) is 18.9. The van der Waals surface area contributed by atoms with E-state index in [1.54, 1.807) is 11.8 Å². The van der Waals surface area contributed by atoms with Crippen LogP contribution in [0.4, 0.5) is 0 Å². The lowest BCUT2D eigenvalue weighted by Gasteiger charge is -2.37. The molecule has 2 atom stereocenters. The summed E-state index contributed by atoms with van der Waals surface area (Å²) in [4.78, 5) is 27.6. The third-order valence-corrected chi connectivity index (χ3v) is 6.08. The van der Waals surface area contributed by atoms with Crippen molar-refractivity contribution in [2.24, 2.45) is 0 Å². The van der Waals surface area contributed by atoms with E-state index < -0.39 is 24.2 Å². The van der Waals surface area contributed by atoms with Crippen LogP contribution in [0.1, 0.15) is 62.3 Å². The second-order valence-corrected chi connectivity index (χ2v) is 8.40. The molecule has 0 bridgehead atoms. The van der Waals surface area contributed by atoms with Crippen LogP contribution in [0.5, 0.6) is 11.5 Å². The van der Waals surface area contributed by atoms with Gasteiger partial charge in [0.2, 0.25) is 5.91 Å². The molecule has 0 radical (unpaired) electrons. The van der Waals surface area contributed by atoms with Gasteiger partial charge in [0.15, 0.2) is 5.60 Å². The van der Waals surface area contributed by atoms with Crippen molar-refractivity contribution in [3.05, 3.63) is 22.3 Å². The molecule has 0 aliphatic carbocycles. The smallest absolute Gasteiger partial charge is 0.264 e. The number of carbonyl (C=O) groups is 2. The zero-order chi connectivity index (χ0) is 22.6. The lowest BCUT2D eigenvalue weighted by molar-refractivity contribution is -0.144. The molecule has 1 heterocycles. The summed E-state index contributed by atoms with van der Waals surface area (Å²) in [7, 11) is 0. The van der Waals surface area contributed by atoms with Crippen LogP contribution in [0.15, 0.2) is 0 Å². The summed E-state index contributed by atoms with van der Waals surface area (Å²) in [5, 5.41) is 22.8. The molecule has 30 heavy (non-hydrogen) atoms. The van der Waals surface area contributed by atoms with Gasteiger partial charge in [-0.1, -0.05) is 13.8 Å². The predicted octanol–water partition coefficient (Wildman–Crippen LogP) is 2.53. The first-order valence-electron chi connectivity index (χ1n) is 10.8. The van der Waals surface area contributed by atoms with E-state index in [2.05, 4.69) is 5.32 Å². The standard InChI is InChI=1S/C23H36N2O5/c1-7-11-25(12-8-2)21(28)18(13-26)24-22(29)23(6)10-9-17-16(5)19(27)14(3)15(4)20(17)30-23/h18,26-27H,7-13H2,1-6H3,(H,24,29). The Labute approximate surface area is 179 Å². The minimum atomic E-state index is -1.17. The van der Waals surface area contributed by atoms with Gasteiger partial charge in [-0.25, -0.2) is 0 Å². The number of aromatic hydroxyl groups is 1. The van der Waals surface area contributed by atoms with Gasteiger partial charge < -0.3 is 25.2 Å². The van der Waals surface area contributed by atoms with E-state index in [4.69, 9.17) is 4.74 Å². The number of aliphatic hydroxyl groups is 1. The van der Waals surface area contributed by atoms with E-state index >= 15 is 0 Å². The summed E-state index contributed by atoms with van der Waals surface area (Å²) in [5.41, 5.74) is 2.05. The van der Waals surface area contributed by atoms with Gasteiger partial charge in [-0.15, -0.1) is 0 Å². The quantitative estimate of drug-likeness (QED) is 0.600. The Bertz CT molecular complexity index is 802. The lowest BCUT2D eigenvalue weighted by Crippen LogP contribution is -2.58. The number of hydrogen-bond acceptors (Lipinski definition) is 5. The van der Waals surface area contributed by atoms with Crippen LogP contribution in [-0.2, 0) is 16.0 Å². The SMILES string of the molecule is CCCN(CCC)C(=O)C(CO)NC(=O)C1(C)CCc2c(C)c(O)c(C)c(C)c2O1. The molecule has 1 aliphatic rings. The zero-order valence-corrected chi connectivity index (χ0v) is 19.1. The Morgan fingerprint density at radius 1 is 1.13 bits per heavy atom. The number of fused-ring (bicyclic) bond motifs is 1. The van der Waals surface area contributed by atoms with Gasteiger partial charge in [0.25, 0.3) is 5.91 Å². The van der Waals surface area contributed by atoms with E-state index in [0.717, 1.165) is 35.1 Å². The third kappa shape index (κ3) is 4.56. The van der Waals surface area contributed by atoms with E-state index in [-0.39, 0.29) is 11.7 Å². The van der Waals surface area contributed by atoms with Crippen LogP contribution in [0.3, 0.4) is 0 Å². The average Bonchev–Trinajstić information content (AvgIpc) is 2.73. The molecule has 1 aromatic rings. The van der Waals surface area contributed by atoms with Crippen LogP contribution in [0.2, 0.25) is 0 Å². The summed E-state index contributed by atoms with van der Waals surface area (Å²) >= 11 is 0. The molecule has 3 N–H and O–H groups in total. The number of phenols is 1. The zero-order valence-electron chi connectivity index (χ0n) is 19.1. The number of hydrogen-bond donors (Lipinski definition) is 3. The fourth-order valence-corrected chi connectivity index (χ4v) is 4.00. The monoisotopic (exact) mass is 420 g/mol. The van der Waals surface area contributed by atoms with Gasteiger partial charge in [-0.05, 0) is 63.6 Å². The second kappa shape index (κ2) is 9.69. The molecule has 7 nitrogen and oxygen atoms in total. The van der Waals surface area contributed by atoms with E-state index in [9.17, 15) is 19.8 Å². The van der Waals surface area contributed by atoms with Crippen LogP contribution in [-0.4, -0.2) is 58.3 Å². The van der Waals surface area contributed by atoms with Crippen LogP contribution < -0.4 is 10.1 Å². The minimum Gasteiger partial charge on any atom is -0.507 e. The highest BCUT2D eigenvalue weighted by atomic mass is 16.5. The van der Waals surface area contributed by atoms with E-state index in [1.807, 2.05) is 34.6 Å². The van der Waals surface area contributed by atoms with Crippen molar-refractivity contribution in [1.29, 1.82) is 0 Å². The molecule has 0 fully saturated rings. The minimum absolute atomic E-state index is 0.265. The molecular formula is C23H36N2O5. The summed E-state index contributed by atoms with van der Waals surface area (Å²) in [5.74, 6) is 0.191. The maximum absolute atomic E-state index is 13.1. The van der Waals surface area contributed by atoms with Crippen molar-refractivity contribution >= 4 is 11.8 Å². The first-order chi connectivity index (χ1) is 14.1. The second-order valence-electron chi connectivity index (χ2n) is 8.40. The van der Waals surface area contributed by atoms with Crippen molar-refractivity contribution in [3.63, 3.8) is 0 Å². The third-order valence-electron chi connectivity index (χ3n) is 6.08. The van der Waals surface area contributed by atoms with Crippen molar-refractivity contribution in [3.8, 4) is 11.5 Å². The number of carbonyl (C=O) groups excluding carboxylic acids is 2. The summed E-state index contributed by atoms with van der Waals surface area (Å²) in [6.07, 6.45) is 2.60. The maximum atomic E-state index is 13.1. The van der Waals surface area contributed by atoms with Crippen molar-refractivity contribution in [1.82, 2.24) is 10.2 Å². The summed E-state index contributed by atoms with van der Waals surface area (Å²) in [6, 6.07) is -0.998. The molecule has 7 heteroatoms. The highest BCUT2D eigenvalue weighted by molar-refractivity contribution is 5.92. The molecule has 0 saturated heterocycles. The average molecular weight is 421 g/mol. The molecule has 1 aromatic carbocycles. The molecular weight excluding hydrogens is 384 g/mol. The van der Waals surface area contributed by atoms with Gasteiger partial charge in [-0.2, -0.15) is 0 Å². The van der Waals surface area contributed by atoms with E-state index in [0.29, 0.717) is 31.7 Å². The molecule has 0 aromatic heterocycles. The first-order valence-corrected chi connectivity index (χ1v) is 10.8. The molecule has 2 rings (SSSR count). The van der Waals surface area contributed by atoms with Gasteiger partial charge >= 0.3 is 0 Å². The Morgan fingerprint density at radius 2 is 1.73 bits per heavy atom. The number of rotatable bonds is 8. The van der Waals surface area contributed by atoms with Crippen LogP contribution in [0, 0.1) is 20.8 Å². The first kappa shape index (κ1) is 24.0. The van der Waals surface area contributed by atoms with E-state index in [1.165, 1.54) is 0 Å². The highest BCUT2D eigenvalue weighted by Crippen LogP contribution is 2.43. The Morgan fingerprint density at radius 3 is 2.27 bits per heavy atom. The predicted molar refractivity (Wildman–Crippen MR) is 116 cm³/mol. The van der Waals surface area contributed by atoms with Gasteiger partial charge in [0.05, 0.1) is 6.61 Å². The number of benzene rings is 1. The Hall–Kier alpha value is -2.28. The Balaban J connectivity index is 2.23. The van der Waals surface area contributed by atoms with Crippen LogP contribution in [0.25, 0.3) is 0 Å². The fraction of sp³-hybridized carbons (Fsp3) is 0.652. The molecule has 0 spiro atoms. The van der Waals surface area contributed by atoms with Gasteiger partial charge in [0.1, 0.15) is 17.5 Å². The maximum Gasteiger partial charge on any atom is 0.264 e. The molecule has 168 valence electrons. The molecule has 0 saturated carbocycles. The van der Waals surface area contributed by atoms with Gasteiger partial charge in [-0.3, -0.25) is 9.59 Å². The fourth-order valence-electron chi connectivity index (χ4n) is 4.00. The Kier molecular flexibility index (Phi) is 7.75. The number of ether oxygens (including phenoxy) is 1. The molecule has 1 aliphatic heterocycles. The van der Waals surface area contributed by atoms with Crippen molar-refractivity contribution < 1.29 is 24.5 Å². The van der Waals surface area contributed by atoms with Gasteiger partial charge in [0, 0.05) is 25.1 Å². The number of nitrogens with one attached hydrogen (secondary N) is 1. The lowest BCUT2D eigenvalue weighted by atomic mass is 9.86. The molecule has 2 unspecified atom stereocenters. The topological polar surface area (TPSA) is 99.1 Å². The number of amides is 2. The van der Waals surface area contributed by atoms with Crippen LogP contribution >= 0.6 is 0 Å². The van der Waals surface area contributed by atoms with Crippen molar-refractivity contribution in [2.75, 3.05) is 19.7 Å². The number of aliphatic hydroxyl groups excluding tert-OH is 1. The summed E-state index contributed by atoms with van der Waals surface area (Å²) < 4.78 is 6.18. The largest absolute Gasteiger partial charge is 0.507 e. The molecule has 2 amide bonds. The number of nitrogens with zero attached hydrogens (tertiary/aromatic N) is 1. The number of phenolic OH excluding ortho intramolecular Hbond substituents is 1. The van der Waals surface area contributed by atoms with Crippen molar-refractivity contribution in [2.45, 2.75) is 78.9 Å². The highest BCUT2D eigenvalue weighted by Gasteiger charge is 2.42.